The number of benzene rings is 1. The number of rotatable bonds is 0. The molecular formula is C11H10BrNO. The molecule has 1 heterocycles. The number of pyridine rings is 1. The van der Waals surface area contributed by atoms with Gasteiger partial charge in [0.15, 0.2) is 0 Å². The first kappa shape index (κ1) is 9.46. The van der Waals surface area contributed by atoms with Crippen molar-refractivity contribution in [2.45, 2.75) is 13.8 Å². The second-order valence-electron chi connectivity index (χ2n) is 3.40. The standard InChI is InChI=1S/C11H10BrNO/c1-6-3-4-8-10(7(6)2)13-5-9(12)11(8)14/h3-5H,1-2H3,(H,13,14). The van der Waals surface area contributed by atoms with E-state index in [4.69, 9.17) is 0 Å². The molecule has 0 unspecified atom stereocenters. The molecule has 0 amide bonds. The van der Waals surface area contributed by atoms with Crippen molar-refractivity contribution in [2.24, 2.45) is 0 Å². The number of hydrogen-bond acceptors (Lipinski definition) is 1. The van der Waals surface area contributed by atoms with Gasteiger partial charge in [-0.25, -0.2) is 0 Å². The van der Waals surface area contributed by atoms with E-state index in [1.165, 1.54) is 5.56 Å². The summed E-state index contributed by atoms with van der Waals surface area (Å²) in [6.45, 7) is 4.05. The molecule has 1 N–H and O–H groups in total. The Morgan fingerprint density at radius 1 is 1.29 bits per heavy atom. The van der Waals surface area contributed by atoms with E-state index in [0.29, 0.717) is 4.47 Å². The highest BCUT2D eigenvalue weighted by Gasteiger charge is 2.05. The van der Waals surface area contributed by atoms with Crippen LogP contribution in [0, 0.1) is 13.8 Å². The van der Waals surface area contributed by atoms with Gasteiger partial charge in [0.2, 0.25) is 5.43 Å². The molecular weight excluding hydrogens is 242 g/mol. The summed E-state index contributed by atoms with van der Waals surface area (Å²) in [4.78, 5) is 14.8. The van der Waals surface area contributed by atoms with E-state index in [9.17, 15) is 4.79 Å². The zero-order valence-corrected chi connectivity index (χ0v) is 9.60. The average Bonchev–Trinajstić information content (AvgIpc) is 2.17. The molecule has 0 atom stereocenters. The van der Waals surface area contributed by atoms with Gasteiger partial charge in [-0.15, -0.1) is 0 Å². The zero-order valence-electron chi connectivity index (χ0n) is 8.02. The fourth-order valence-corrected chi connectivity index (χ4v) is 1.85. The molecule has 0 saturated carbocycles. The number of fused-ring (bicyclic) bond motifs is 1. The van der Waals surface area contributed by atoms with Gasteiger partial charge in [0.25, 0.3) is 0 Å². The molecule has 2 rings (SSSR count). The maximum absolute atomic E-state index is 11.7. The van der Waals surface area contributed by atoms with Gasteiger partial charge in [0.05, 0.1) is 9.99 Å². The average molecular weight is 252 g/mol. The molecule has 14 heavy (non-hydrogen) atoms. The molecule has 2 nitrogen and oxygen atoms in total. The molecule has 3 heteroatoms. The van der Waals surface area contributed by atoms with E-state index >= 15 is 0 Å². The lowest BCUT2D eigenvalue weighted by atomic mass is 10.1. The molecule has 0 saturated heterocycles. The van der Waals surface area contributed by atoms with Crippen LogP contribution in [0.25, 0.3) is 10.9 Å². The van der Waals surface area contributed by atoms with Gasteiger partial charge >= 0.3 is 0 Å². The molecule has 0 aliphatic heterocycles. The molecule has 0 fully saturated rings. The monoisotopic (exact) mass is 251 g/mol. The fraction of sp³-hybridized carbons (Fsp3) is 0.182. The number of hydrogen-bond donors (Lipinski definition) is 1. The molecule has 0 radical (unpaired) electrons. The first-order chi connectivity index (χ1) is 6.61. The number of H-pyrrole nitrogens is 1. The summed E-state index contributed by atoms with van der Waals surface area (Å²) in [5, 5.41) is 0.738. The SMILES string of the molecule is Cc1ccc2c(=O)c(Br)c[nH]c2c1C. The molecule has 0 aliphatic rings. The van der Waals surface area contributed by atoms with Gasteiger partial charge in [-0.1, -0.05) is 6.07 Å². The van der Waals surface area contributed by atoms with Crippen molar-refractivity contribution in [2.75, 3.05) is 0 Å². The molecule has 1 aromatic carbocycles. The summed E-state index contributed by atoms with van der Waals surface area (Å²) >= 11 is 3.22. The van der Waals surface area contributed by atoms with Crippen molar-refractivity contribution in [3.63, 3.8) is 0 Å². The molecule has 2 aromatic rings. The molecule has 1 aromatic heterocycles. The first-order valence-corrected chi connectivity index (χ1v) is 5.17. The van der Waals surface area contributed by atoms with Crippen molar-refractivity contribution in [3.8, 4) is 0 Å². The summed E-state index contributed by atoms with van der Waals surface area (Å²) < 4.78 is 0.577. The Balaban J connectivity index is 3.02. The summed E-state index contributed by atoms with van der Waals surface area (Å²) in [7, 11) is 0. The summed E-state index contributed by atoms with van der Waals surface area (Å²) in [5.74, 6) is 0. The van der Waals surface area contributed by atoms with E-state index in [1.807, 2.05) is 26.0 Å². The number of aromatic nitrogens is 1. The van der Waals surface area contributed by atoms with Crippen LogP contribution in [-0.4, -0.2) is 4.98 Å². The maximum Gasteiger partial charge on any atom is 0.203 e. The van der Waals surface area contributed by atoms with Crippen molar-refractivity contribution >= 4 is 26.8 Å². The lowest BCUT2D eigenvalue weighted by molar-refractivity contribution is 1.29. The van der Waals surface area contributed by atoms with Crippen LogP contribution >= 0.6 is 15.9 Å². The largest absolute Gasteiger partial charge is 0.360 e. The molecule has 0 aliphatic carbocycles. The lowest BCUT2D eigenvalue weighted by Crippen LogP contribution is -2.04. The van der Waals surface area contributed by atoms with Gasteiger partial charge < -0.3 is 4.98 Å². The van der Waals surface area contributed by atoms with Crippen LogP contribution in [0.1, 0.15) is 11.1 Å². The third kappa shape index (κ3) is 1.28. The van der Waals surface area contributed by atoms with Crippen molar-refractivity contribution in [1.29, 1.82) is 0 Å². The zero-order chi connectivity index (χ0) is 10.3. The Morgan fingerprint density at radius 2 is 2.00 bits per heavy atom. The molecule has 0 spiro atoms. The second kappa shape index (κ2) is 3.24. The topological polar surface area (TPSA) is 32.9 Å². The second-order valence-corrected chi connectivity index (χ2v) is 4.25. The van der Waals surface area contributed by atoms with Gasteiger partial charge in [-0.3, -0.25) is 4.79 Å². The van der Waals surface area contributed by atoms with Crippen molar-refractivity contribution in [1.82, 2.24) is 4.98 Å². The number of halogens is 1. The Labute approximate surface area is 90.1 Å². The smallest absolute Gasteiger partial charge is 0.203 e. The van der Waals surface area contributed by atoms with Crippen LogP contribution in [-0.2, 0) is 0 Å². The fourth-order valence-electron chi connectivity index (χ4n) is 1.52. The van der Waals surface area contributed by atoms with Crippen molar-refractivity contribution in [3.05, 3.63) is 44.2 Å². The summed E-state index contributed by atoms with van der Waals surface area (Å²) in [6, 6.07) is 3.83. The summed E-state index contributed by atoms with van der Waals surface area (Å²) in [5.41, 5.74) is 3.29. The normalized spacial score (nSPS) is 10.8. The van der Waals surface area contributed by atoms with Crippen LogP contribution in [0.4, 0.5) is 0 Å². The van der Waals surface area contributed by atoms with E-state index in [0.717, 1.165) is 16.5 Å². The van der Waals surface area contributed by atoms with E-state index in [-0.39, 0.29) is 5.43 Å². The van der Waals surface area contributed by atoms with Gasteiger partial charge in [-0.2, -0.15) is 0 Å². The van der Waals surface area contributed by atoms with Crippen LogP contribution < -0.4 is 5.43 Å². The van der Waals surface area contributed by atoms with Gasteiger partial charge in [0.1, 0.15) is 0 Å². The Hall–Kier alpha value is -1.09. The van der Waals surface area contributed by atoms with E-state index < -0.39 is 0 Å². The van der Waals surface area contributed by atoms with Crippen LogP contribution in [0.5, 0.6) is 0 Å². The number of aryl methyl sites for hydroxylation is 2. The highest BCUT2D eigenvalue weighted by atomic mass is 79.9. The Bertz CT molecular complexity index is 557. The molecule has 0 bridgehead atoms. The Kier molecular flexibility index (Phi) is 2.19. The minimum absolute atomic E-state index is 0.0434. The lowest BCUT2D eigenvalue weighted by Gasteiger charge is -2.05. The quantitative estimate of drug-likeness (QED) is 0.768. The third-order valence-electron chi connectivity index (χ3n) is 2.54. The maximum atomic E-state index is 11.7. The van der Waals surface area contributed by atoms with E-state index in [1.54, 1.807) is 6.20 Å². The van der Waals surface area contributed by atoms with Crippen LogP contribution in [0.15, 0.2) is 27.6 Å². The predicted molar refractivity (Wildman–Crippen MR) is 61.7 cm³/mol. The predicted octanol–water partition coefficient (Wildman–Crippen LogP) is 2.91. The highest BCUT2D eigenvalue weighted by Crippen LogP contribution is 2.18. The number of nitrogens with one attached hydrogen (secondary N) is 1. The van der Waals surface area contributed by atoms with Gasteiger partial charge in [-0.05, 0) is 47.0 Å². The van der Waals surface area contributed by atoms with Crippen molar-refractivity contribution < 1.29 is 0 Å². The Morgan fingerprint density at radius 3 is 2.71 bits per heavy atom. The first-order valence-electron chi connectivity index (χ1n) is 4.38. The van der Waals surface area contributed by atoms with Crippen LogP contribution in [0.3, 0.4) is 0 Å². The van der Waals surface area contributed by atoms with Gasteiger partial charge in [0, 0.05) is 11.6 Å². The minimum Gasteiger partial charge on any atom is -0.360 e. The molecule has 72 valence electrons. The van der Waals surface area contributed by atoms with E-state index in [2.05, 4.69) is 20.9 Å². The number of aromatic amines is 1. The minimum atomic E-state index is 0.0434. The highest BCUT2D eigenvalue weighted by molar-refractivity contribution is 9.10. The summed E-state index contributed by atoms with van der Waals surface area (Å²) in [6.07, 6.45) is 1.69. The third-order valence-corrected chi connectivity index (χ3v) is 3.13. The van der Waals surface area contributed by atoms with Crippen LogP contribution in [0.2, 0.25) is 0 Å².